The number of aryl methyl sites for hydroxylation is 2. The van der Waals surface area contributed by atoms with Crippen molar-refractivity contribution in [1.82, 2.24) is 4.57 Å². The molecule has 0 spiro atoms. The lowest BCUT2D eigenvalue weighted by Crippen LogP contribution is -2.26. The Kier molecular flexibility index (Phi) is 3.99. The zero-order valence-corrected chi connectivity index (χ0v) is 13.6. The fourth-order valence-corrected chi connectivity index (χ4v) is 2.57. The molecule has 0 N–H and O–H groups in total. The highest BCUT2D eigenvalue weighted by Gasteiger charge is 2.21. The van der Waals surface area contributed by atoms with Gasteiger partial charge in [-0.05, 0) is 51.8 Å². The van der Waals surface area contributed by atoms with Crippen LogP contribution >= 0.6 is 0 Å². The molecule has 4 heteroatoms. The van der Waals surface area contributed by atoms with Crippen LogP contribution in [0.25, 0.3) is 10.9 Å². The molecular weight excluding hydrogens is 266 g/mol. The number of fused-ring (bicyclic) bond motifs is 1. The number of hydrogen-bond donors (Lipinski definition) is 0. The van der Waals surface area contributed by atoms with Crippen molar-refractivity contribution in [1.29, 1.82) is 0 Å². The molecule has 2 aromatic rings. The summed E-state index contributed by atoms with van der Waals surface area (Å²) in [6, 6.07) is 3.93. The second-order valence-corrected chi connectivity index (χ2v) is 6.16. The Morgan fingerprint density at radius 3 is 2.52 bits per heavy atom. The van der Waals surface area contributed by atoms with Gasteiger partial charge in [-0.15, -0.1) is 0 Å². The van der Waals surface area contributed by atoms with Crippen molar-refractivity contribution < 1.29 is 14.3 Å². The molecule has 0 aliphatic rings. The van der Waals surface area contributed by atoms with Gasteiger partial charge in [0.05, 0.1) is 12.6 Å². The fourth-order valence-electron chi connectivity index (χ4n) is 2.57. The first kappa shape index (κ1) is 15.4. The highest BCUT2D eigenvalue weighted by Crippen LogP contribution is 2.32. The van der Waals surface area contributed by atoms with E-state index in [1.165, 1.54) is 0 Å². The minimum Gasteiger partial charge on any atom is -0.496 e. The summed E-state index contributed by atoms with van der Waals surface area (Å²) in [5.41, 5.74) is 2.49. The normalized spacial score (nSPS) is 11.7. The Morgan fingerprint density at radius 1 is 1.33 bits per heavy atom. The lowest BCUT2D eigenvalue weighted by Gasteiger charge is -2.20. The summed E-state index contributed by atoms with van der Waals surface area (Å²) in [6.07, 6.45) is 2.26. The molecule has 0 radical (unpaired) electrons. The van der Waals surface area contributed by atoms with Gasteiger partial charge in [-0.3, -0.25) is 4.57 Å². The molecule has 0 saturated carbocycles. The maximum atomic E-state index is 12.4. The lowest BCUT2D eigenvalue weighted by atomic mass is 10.0. The summed E-state index contributed by atoms with van der Waals surface area (Å²) in [4.78, 5) is 12.4. The minimum atomic E-state index is -0.512. The van der Waals surface area contributed by atoms with Crippen LogP contribution in [0.2, 0.25) is 0 Å². The Hall–Kier alpha value is -1.97. The molecule has 21 heavy (non-hydrogen) atoms. The highest BCUT2D eigenvalue weighted by atomic mass is 16.6. The number of carbonyl (C=O) groups is 1. The van der Waals surface area contributed by atoms with E-state index in [0.717, 1.165) is 34.2 Å². The van der Waals surface area contributed by atoms with Crippen LogP contribution in [0.3, 0.4) is 0 Å². The van der Waals surface area contributed by atoms with Gasteiger partial charge in [0.2, 0.25) is 0 Å². The van der Waals surface area contributed by atoms with Crippen molar-refractivity contribution in [2.45, 2.75) is 46.6 Å². The number of ether oxygens (including phenoxy) is 2. The summed E-state index contributed by atoms with van der Waals surface area (Å²) in [5, 5.41) is 1.04. The Balaban J connectivity index is 2.61. The smallest absolute Gasteiger partial charge is 0.419 e. The van der Waals surface area contributed by atoms with Crippen LogP contribution in [0, 0.1) is 6.92 Å². The van der Waals surface area contributed by atoms with Crippen LogP contribution in [0.1, 0.15) is 38.8 Å². The number of nitrogens with zero attached hydrogens (tertiary/aromatic N) is 1. The number of carbonyl (C=O) groups excluding carboxylic acids is 1. The van der Waals surface area contributed by atoms with Crippen molar-refractivity contribution >= 4 is 17.0 Å². The molecule has 1 heterocycles. The molecule has 1 aromatic carbocycles. The third-order valence-corrected chi connectivity index (χ3v) is 3.39. The monoisotopic (exact) mass is 289 g/mol. The molecule has 0 bridgehead atoms. The summed E-state index contributed by atoms with van der Waals surface area (Å²) >= 11 is 0. The van der Waals surface area contributed by atoms with Gasteiger partial charge < -0.3 is 9.47 Å². The topological polar surface area (TPSA) is 40.5 Å². The standard InChI is InChI=1S/C17H23NO3/c1-7-12-13-8-9-18(16(19)21-17(3,4)5)15(13)11(2)10-14(12)20-6/h8-10H,7H2,1-6H3. The number of rotatable bonds is 2. The number of methoxy groups -OCH3 is 1. The van der Waals surface area contributed by atoms with Gasteiger partial charge >= 0.3 is 6.09 Å². The fraction of sp³-hybridized carbons (Fsp3) is 0.471. The molecule has 114 valence electrons. The molecule has 4 nitrogen and oxygen atoms in total. The van der Waals surface area contributed by atoms with Crippen LogP contribution in [0.4, 0.5) is 4.79 Å². The second-order valence-electron chi connectivity index (χ2n) is 6.16. The van der Waals surface area contributed by atoms with Crippen LogP contribution in [-0.4, -0.2) is 23.4 Å². The SMILES string of the molecule is CCc1c(OC)cc(C)c2c1ccn2C(=O)OC(C)(C)C. The molecular formula is C17H23NO3. The van der Waals surface area contributed by atoms with E-state index in [4.69, 9.17) is 9.47 Å². The van der Waals surface area contributed by atoms with Crippen molar-refractivity contribution in [3.8, 4) is 5.75 Å². The third kappa shape index (κ3) is 2.89. The summed E-state index contributed by atoms with van der Waals surface area (Å²) < 4.78 is 12.5. The van der Waals surface area contributed by atoms with E-state index in [2.05, 4.69) is 6.92 Å². The van der Waals surface area contributed by atoms with E-state index in [9.17, 15) is 4.79 Å². The van der Waals surface area contributed by atoms with Crippen LogP contribution in [0.5, 0.6) is 5.75 Å². The molecule has 0 fully saturated rings. The molecule has 0 atom stereocenters. The highest BCUT2D eigenvalue weighted by molar-refractivity contribution is 5.95. The maximum Gasteiger partial charge on any atom is 0.419 e. The van der Waals surface area contributed by atoms with Gasteiger partial charge in [-0.1, -0.05) is 6.92 Å². The van der Waals surface area contributed by atoms with Crippen LogP contribution < -0.4 is 4.74 Å². The Bertz CT molecular complexity index is 677. The van der Waals surface area contributed by atoms with Crippen LogP contribution in [-0.2, 0) is 11.2 Å². The first-order valence-electron chi connectivity index (χ1n) is 7.19. The second kappa shape index (κ2) is 5.43. The van der Waals surface area contributed by atoms with E-state index in [1.54, 1.807) is 17.9 Å². The molecule has 0 unspecified atom stereocenters. The lowest BCUT2D eigenvalue weighted by molar-refractivity contribution is 0.0544. The van der Waals surface area contributed by atoms with Gasteiger partial charge in [-0.25, -0.2) is 4.79 Å². The van der Waals surface area contributed by atoms with E-state index in [0.29, 0.717) is 0 Å². The predicted octanol–water partition coefficient (Wildman–Crippen LogP) is 4.30. The third-order valence-electron chi connectivity index (χ3n) is 3.39. The first-order chi connectivity index (χ1) is 9.78. The van der Waals surface area contributed by atoms with Gasteiger partial charge in [0.25, 0.3) is 0 Å². The zero-order chi connectivity index (χ0) is 15.8. The predicted molar refractivity (Wildman–Crippen MR) is 84.2 cm³/mol. The van der Waals surface area contributed by atoms with Crippen molar-refractivity contribution in [2.24, 2.45) is 0 Å². The van der Waals surface area contributed by atoms with E-state index in [1.807, 2.05) is 39.8 Å². The molecule has 1 aromatic heterocycles. The van der Waals surface area contributed by atoms with Crippen molar-refractivity contribution in [3.05, 3.63) is 29.5 Å². The maximum absolute atomic E-state index is 12.4. The summed E-state index contributed by atoms with van der Waals surface area (Å²) in [7, 11) is 1.67. The zero-order valence-electron chi connectivity index (χ0n) is 13.6. The Labute approximate surface area is 125 Å². The molecule has 0 saturated heterocycles. The van der Waals surface area contributed by atoms with E-state index < -0.39 is 5.60 Å². The van der Waals surface area contributed by atoms with E-state index >= 15 is 0 Å². The Morgan fingerprint density at radius 2 is 2.00 bits per heavy atom. The molecule has 2 rings (SSSR count). The summed E-state index contributed by atoms with van der Waals surface area (Å²) in [5.74, 6) is 0.865. The minimum absolute atomic E-state index is 0.354. The summed E-state index contributed by atoms with van der Waals surface area (Å²) in [6.45, 7) is 9.65. The van der Waals surface area contributed by atoms with E-state index in [-0.39, 0.29) is 6.09 Å². The average Bonchev–Trinajstić information content (AvgIpc) is 2.81. The van der Waals surface area contributed by atoms with Crippen molar-refractivity contribution in [2.75, 3.05) is 7.11 Å². The van der Waals surface area contributed by atoms with Gasteiger partial charge in [0.1, 0.15) is 11.4 Å². The van der Waals surface area contributed by atoms with Crippen molar-refractivity contribution in [3.63, 3.8) is 0 Å². The molecule has 0 aliphatic heterocycles. The molecule has 0 amide bonds. The van der Waals surface area contributed by atoms with Gasteiger partial charge in [-0.2, -0.15) is 0 Å². The first-order valence-corrected chi connectivity index (χ1v) is 7.19. The van der Waals surface area contributed by atoms with Crippen LogP contribution in [0.15, 0.2) is 18.3 Å². The van der Waals surface area contributed by atoms with Gasteiger partial charge in [0, 0.05) is 17.1 Å². The number of benzene rings is 1. The quantitative estimate of drug-likeness (QED) is 0.827. The number of hydrogen-bond acceptors (Lipinski definition) is 3. The molecule has 0 aliphatic carbocycles. The average molecular weight is 289 g/mol. The largest absolute Gasteiger partial charge is 0.496 e. The number of aromatic nitrogens is 1. The van der Waals surface area contributed by atoms with Gasteiger partial charge in [0.15, 0.2) is 0 Å².